The van der Waals surface area contributed by atoms with Crippen LogP contribution in [0, 0.1) is 13.8 Å². The Morgan fingerprint density at radius 2 is 2.12 bits per heavy atom. The van der Waals surface area contributed by atoms with Gasteiger partial charge in [-0.05, 0) is 25.5 Å². The number of benzene rings is 1. The molecule has 5 heteroatoms. The molecule has 0 bridgehead atoms. The highest BCUT2D eigenvalue weighted by Gasteiger charge is 2.30. The van der Waals surface area contributed by atoms with Gasteiger partial charge in [0.05, 0.1) is 18.1 Å². The van der Waals surface area contributed by atoms with Gasteiger partial charge in [-0.15, -0.1) is 0 Å². The molecule has 1 saturated heterocycles. The molecule has 0 saturated carbocycles. The number of ether oxygens (including phenoxy) is 1. The van der Waals surface area contributed by atoms with E-state index in [4.69, 9.17) is 4.74 Å². The second-order valence-corrected chi connectivity index (χ2v) is 6.43. The number of aryl methyl sites for hydroxylation is 2. The lowest BCUT2D eigenvalue weighted by atomic mass is 10.2. The fourth-order valence-corrected chi connectivity index (χ4v) is 3.70. The average Bonchev–Trinajstić information content (AvgIpc) is 2.29. The zero-order valence-electron chi connectivity index (χ0n) is 10.1. The molecule has 1 N–H and O–H groups in total. The number of rotatable bonds is 2. The molecule has 0 aromatic heterocycles. The summed E-state index contributed by atoms with van der Waals surface area (Å²) in [5.41, 5.74) is 1.85. The van der Waals surface area contributed by atoms with Crippen LogP contribution in [0.2, 0.25) is 0 Å². The maximum absolute atomic E-state index is 12.4. The Balaban J connectivity index is 2.37. The first-order valence-corrected chi connectivity index (χ1v) is 7.19. The monoisotopic (exact) mass is 255 g/mol. The highest BCUT2D eigenvalue weighted by Crippen LogP contribution is 2.21. The highest BCUT2D eigenvalue weighted by molar-refractivity contribution is 7.92. The predicted octanol–water partition coefficient (Wildman–Crippen LogP) is 1.02. The van der Waals surface area contributed by atoms with Crippen LogP contribution in [0.4, 0.5) is 0 Å². The van der Waals surface area contributed by atoms with Crippen molar-refractivity contribution in [1.29, 1.82) is 0 Å². The van der Waals surface area contributed by atoms with Crippen LogP contribution in [-0.4, -0.2) is 33.6 Å². The third-order valence-electron chi connectivity index (χ3n) is 2.90. The topological polar surface area (TPSA) is 55.4 Å². The minimum Gasteiger partial charge on any atom is -0.377 e. The van der Waals surface area contributed by atoms with E-state index >= 15 is 0 Å². The largest absolute Gasteiger partial charge is 0.377 e. The van der Waals surface area contributed by atoms with E-state index < -0.39 is 15.2 Å². The summed E-state index contributed by atoms with van der Waals surface area (Å²) in [6, 6.07) is 5.39. The van der Waals surface area contributed by atoms with Gasteiger partial charge in [-0.3, -0.25) is 5.32 Å². The van der Waals surface area contributed by atoms with E-state index in [9.17, 15) is 8.42 Å². The second-order valence-electron chi connectivity index (χ2n) is 4.33. The maximum Gasteiger partial charge on any atom is 0.196 e. The molecule has 4 nitrogen and oxygen atoms in total. The van der Waals surface area contributed by atoms with Crippen LogP contribution in [0.5, 0.6) is 0 Å². The lowest BCUT2D eigenvalue weighted by molar-refractivity contribution is 0.0978. The number of hydrogen-bond acceptors (Lipinski definition) is 4. The zero-order chi connectivity index (χ0) is 12.5. The van der Waals surface area contributed by atoms with E-state index in [2.05, 4.69) is 5.32 Å². The van der Waals surface area contributed by atoms with Gasteiger partial charge >= 0.3 is 0 Å². The third kappa shape index (κ3) is 2.51. The Labute approximate surface area is 102 Å². The average molecular weight is 255 g/mol. The Bertz CT molecular complexity index is 504. The molecule has 1 fully saturated rings. The van der Waals surface area contributed by atoms with Crippen molar-refractivity contribution >= 4 is 9.84 Å². The SMILES string of the molecule is Cc1ccc(S(=O)(=O)C2COCCN2)c(C)c1. The number of hydrogen-bond donors (Lipinski definition) is 1. The third-order valence-corrected chi connectivity index (χ3v) is 5.02. The fourth-order valence-electron chi connectivity index (χ4n) is 2.01. The summed E-state index contributed by atoms with van der Waals surface area (Å²) in [5.74, 6) is 0. The van der Waals surface area contributed by atoms with Crippen LogP contribution < -0.4 is 5.32 Å². The van der Waals surface area contributed by atoms with Gasteiger partial charge in [-0.25, -0.2) is 8.42 Å². The van der Waals surface area contributed by atoms with Crippen LogP contribution in [0.3, 0.4) is 0 Å². The van der Waals surface area contributed by atoms with Crippen LogP contribution in [0.1, 0.15) is 11.1 Å². The van der Waals surface area contributed by atoms with Crippen molar-refractivity contribution in [1.82, 2.24) is 5.32 Å². The molecule has 0 spiro atoms. The molecule has 1 aliphatic rings. The Kier molecular flexibility index (Phi) is 3.51. The van der Waals surface area contributed by atoms with Crippen molar-refractivity contribution in [3.63, 3.8) is 0 Å². The lowest BCUT2D eigenvalue weighted by Gasteiger charge is -2.24. The molecule has 1 aromatic carbocycles. The van der Waals surface area contributed by atoms with Crippen LogP contribution in [0.15, 0.2) is 23.1 Å². The molecule has 0 amide bonds. The second kappa shape index (κ2) is 4.76. The zero-order valence-corrected chi connectivity index (χ0v) is 10.9. The van der Waals surface area contributed by atoms with E-state index in [0.29, 0.717) is 18.0 Å². The molecule has 1 heterocycles. The Morgan fingerprint density at radius 1 is 1.35 bits per heavy atom. The van der Waals surface area contributed by atoms with Gasteiger partial charge in [0.1, 0.15) is 5.37 Å². The Hall–Kier alpha value is -0.910. The van der Waals surface area contributed by atoms with Crippen LogP contribution >= 0.6 is 0 Å². The normalized spacial score (nSPS) is 21.4. The fraction of sp³-hybridized carbons (Fsp3) is 0.500. The smallest absolute Gasteiger partial charge is 0.196 e. The first-order chi connectivity index (χ1) is 8.01. The van der Waals surface area contributed by atoms with Crippen LogP contribution in [-0.2, 0) is 14.6 Å². The minimum atomic E-state index is -3.35. The van der Waals surface area contributed by atoms with E-state index in [1.807, 2.05) is 26.0 Å². The van der Waals surface area contributed by atoms with Crippen molar-refractivity contribution in [3.05, 3.63) is 29.3 Å². The molecular weight excluding hydrogens is 238 g/mol. The van der Waals surface area contributed by atoms with E-state index in [0.717, 1.165) is 11.1 Å². The molecule has 1 aromatic rings. The summed E-state index contributed by atoms with van der Waals surface area (Å²) in [6.45, 7) is 5.14. The van der Waals surface area contributed by atoms with Crippen molar-refractivity contribution < 1.29 is 13.2 Å². The first kappa shape index (κ1) is 12.5. The van der Waals surface area contributed by atoms with Gasteiger partial charge in [0, 0.05) is 6.54 Å². The molecule has 0 radical (unpaired) electrons. The van der Waals surface area contributed by atoms with Crippen molar-refractivity contribution in [3.8, 4) is 0 Å². The Morgan fingerprint density at radius 3 is 2.71 bits per heavy atom. The highest BCUT2D eigenvalue weighted by atomic mass is 32.2. The molecule has 94 valence electrons. The van der Waals surface area contributed by atoms with Crippen molar-refractivity contribution in [2.24, 2.45) is 0 Å². The summed E-state index contributed by atoms with van der Waals surface area (Å²) in [6.07, 6.45) is 0. The summed E-state index contributed by atoms with van der Waals surface area (Å²) >= 11 is 0. The van der Waals surface area contributed by atoms with Gasteiger partial charge in [0.15, 0.2) is 9.84 Å². The van der Waals surface area contributed by atoms with Gasteiger partial charge in [-0.2, -0.15) is 0 Å². The van der Waals surface area contributed by atoms with Gasteiger partial charge in [0.2, 0.25) is 0 Å². The van der Waals surface area contributed by atoms with Crippen molar-refractivity contribution in [2.45, 2.75) is 24.1 Å². The molecule has 0 aliphatic carbocycles. The van der Waals surface area contributed by atoms with E-state index in [1.54, 1.807) is 6.07 Å². The molecular formula is C12H17NO3S. The number of nitrogens with one attached hydrogen (secondary N) is 1. The van der Waals surface area contributed by atoms with Crippen LogP contribution in [0.25, 0.3) is 0 Å². The first-order valence-electron chi connectivity index (χ1n) is 5.64. The summed E-state index contributed by atoms with van der Waals surface area (Å²) in [7, 11) is -3.35. The van der Waals surface area contributed by atoms with Gasteiger partial charge in [0.25, 0.3) is 0 Å². The summed E-state index contributed by atoms with van der Waals surface area (Å²) in [4.78, 5) is 0.395. The van der Waals surface area contributed by atoms with E-state index in [-0.39, 0.29) is 6.61 Å². The van der Waals surface area contributed by atoms with Crippen molar-refractivity contribution in [2.75, 3.05) is 19.8 Å². The van der Waals surface area contributed by atoms with E-state index in [1.165, 1.54) is 0 Å². The quantitative estimate of drug-likeness (QED) is 0.857. The molecule has 1 atom stereocenters. The maximum atomic E-state index is 12.4. The minimum absolute atomic E-state index is 0.218. The number of sulfone groups is 1. The lowest BCUT2D eigenvalue weighted by Crippen LogP contribution is -2.46. The summed E-state index contributed by atoms with van der Waals surface area (Å²) < 4.78 is 30.0. The standard InChI is InChI=1S/C12H17NO3S/c1-9-3-4-11(10(2)7-9)17(14,15)12-8-16-6-5-13-12/h3-4,7,12-13H,5-6,8H2,1-2H3. The molecule has 1 unspecified atom stereocenters. The summed E-state index contributed by atoms with van der Waals surface area (Å²) in [5, 5.41) is 2.36. The number of morpholine rings is 1. The van der Waals surface area contributed by atoms with Gasteiger partial charge < -0.3 is 4.74 Å². The molecule has 2 rings (SSSR count). The molecule has 17 heavy (non-hydrogen) atoms. The molecule has 1 aliphatic heterocycles. The predicted molar refractivity (Wildman–Crippen MR) is 65.7 cm³/mol. The van der Waals surface area contributed by atoms with Gasteiger partial charge in [-0.1, -0.05) is 17.7 Å².